The number of para-hydroxylation sites is 2. The van der Waals surface area contributed by atoms with Crippen molar-refractivity contribution in [3.05, 3.63) is 47.5 Å². The van der Waals surface area contributed by atoms with Crippen molar-refractivity contribution in [2.75, 3.05) is 5.32 Å². The van der Waals surface area contributed by atoms with Crippen molar-refractivity contribution in [3.8, 4) is 0 Å². The standard InChI is InChI=1S/C17H19NS/c1-4-12-7-5-9-14-16(12)18-17-13(11(2)3)8-6-10-15(17)19-14/h5-11,18H,4H2,1-3H3. The van der Waals surface area contributed by atoms with E-state index in [9.17, 15) is 0 Å². The summed E-state index contributed by atoms with van der Waals surface area (Å²) in [6, 6.07) is 13.2. The zero-order valence-electron chi connectivity index (χ0n) is 11.7. The number of hydrogen-bond acceptors (Lipinski definition) is 2. The van der Waals surface area contributed by atoms with Gasteiger partial charge in [0.1, 0.15) is 0 Å². The van der Waals surface area contributed by atoms with E-state index in [-0.39, 0.29) is 0 Å². The van der Waals surface area contributed by atoms with Crippen LogP contribution < -0.4 is 5.32 Å². The van der Waals surface area contributed by atoms with Crippen molar-refractivity contribution in [2.24, 2.45) is 0 Å². The first-order chi connectivity index (χ1) is 9.20. The molecule has 0 radical (unpaired) electrons. The van der Waals surface area contributed by atoms with E-state index in [1.54, 1.807) is 0 Å². The van der Waals surface area contributed by atoms with Crippen LogP contribution in [0, 0.1) is 0 Å². The van der Waals surface area contributed by atoms with Gasteiger partial charge in [0.05, 0.1) is 11.4 Å². The van der Waals surface area contributed by atoms with E-state index < -0.39 is 0 Å². The fourth-order valence-corrected chi connectivity index (χ4v) is 3.67. The van der Waals surface area contributed by atoms with Gasteiger partial charge in [-0.05, 0) is 35.6 Å². The van der Waals surface area contributed by atoms with Gasteiger partial charge in [0, 0.05) is 9.79 Å². The first-order valence-corrected chi connectivity index (χ1v) is 7.72. The molecule has 0 aliphatic carbocycles. The Morgan fingerprint density at radius 3 is 2.37 bits per heavy atom. The van der Waals surface area contributed by atoms with Crippen LogP contribution in [-0.2, 0) is 6.42 Å². The molecule has 0 amide bonds. The van der Waals surface area contributed by atoms with Gasteiger partial charge in [-0.25, -0.2) is 0 Å². The fraction of sp³-hybridized carbons (Fsp3) is 0.294. The lowest BCUT2D eigenvalue weighted by molar-refractivity contribution is 0.864. The monoisotopic (exact) mass is 269 g/mol. The molecule has 19 heavy (non-hydrogen) atoms. The number of aryl methyl sites for hydroxylation is 1. The van der Waals surface area contributed by atoms with E-state index in [1.165, 1.54) is 32.3 Å². The zero-order chi connectivity index (χ0) is 13.4. The third-order valence-electron chi connectivity index (χ3n) is 3.64. The molecule has 3 rings (SSSR count). The van der Waals surface area contributed by atoms with Gasteiger partial charge in [-0.15, -0.1) is 0 Å². The number of hydrogen-bond donors (Lipinski definition) is 1. The number of rotatable bonds is 2. The smallest absolute Gasteiger partial charge is 0.0561 e. The van der Waals surface area contributed by atoms with Crippen LogP contribution in [0.1, 0.15) is 37.8 Å². The van der Waals surface area contributed by atoms with Gasteiger partial charge in [-0.1, -0.05) is 56.8 Å². The topological polar surface area (TPSA) is 12.0 Å². The van der Waals surface area contributed by atoms with Crippen molar-refractivity contribution < 1.29 is 0 Å². The summed E-state index contributed by atoms with van der Waals surface area (Å²) >= 11 is 1.88. The molecule has 0 bridgehead atoms. The second-order valence-corrected chi connectivity index (χ2v) is 6.33. The average molecular weight is 269 g/mol. The predicted molar refractivity (Wildman–Crippen MR) is 83.8 cm³/mol. The van der Waals surface area contributed by atoms with Crippen molar-refractivity contribution in [3.63, 3.8) is 0 Å². The van der Waals surface area contributed by atoms with Gasteiger partial charge in [0.15, 0.2) is 0 Å². The lowest BCUT2D eigenvalue weighted by Gasteiger charge is -2.26. The Bertz CT molecular complexity index is 617. The minimum Gasteiger partial charge on any atom is -0.353 e. The van der Waals surface area contributed by atoms with Gasteiger partial charge >= 0.3 is 0 Å². The van der Waals surface area contributed by atoms with E-state index in [0.29, 0.717) is 5.92 Å². The molecule has 2 aromatic carbocycles. The Kier molecular flexibility index (Phi) is 3.28. The van der Waals surface area contributed by atoms with Crippen LogP contribution in [0.15, 0.2) is 46.2 Å². The van der Waals surface area contributed by atoms with Crippen LogP contribution in [-0.4, -0.2) is 0 Å². The Morgan fingerprint density at radius 1 is 1.00 bits per heavy atom. The molecule has 0 atom stereocenters. The van der Waals surface area contributed by atoms with Crippen molar-refractivity contribution >= 4 is 23.1 Å². The Morgan fingerprint density at radius 2 is 1.68 bits per heavy atom. The second-order valence-electron chi connectivity index (χ2n) is 5.25. The molecule has 1 aliphatic rings. The molecule has 1 heterocycles. The maximum Gasteiger partial charge on any atom is 0.0561 e. The molecule has 0 spiro atoms. The molecule has 0 unspecified atom stereocenters. The van der Waals surface area contributed by atoms with Crippen LogP contribution in [0.2, 0.25) is 0 Å². The summed E-state index contributed by atoms with van der Waals surface area (Å²) in [5, 5.41) is 3.69. The predicted octanol–water partition coefficient (Wildman–Crippen LogP) is 5.58. The van der Waals surface area contributed by atoms with Gasteiger partial charge < -0.3 is 5.32 Å². The summed E-state index contributed by atoms with van der Waals surface area (Å²) in [6.07, 6.45) is 1.07. The molecule has 0 aromatic heterocycles. The maximum absolute atomic E-state index is 3.69. The van der Waals surface area contributed by atoms with Crippen molar-refractivity contribution in [2.45, 2.75) is 42.9 Å². The molecule has 1 N–H and O–H groups in total. The highest BCUT2D eigenvalue weighted by molar-refractivity contribution is 7.99. The van der Waals surface area contributed by atoms with Crippen LogP contribution in [0.4, 0.5) is 11.4 Å². The minimum absolute atomic E-state index is 0.540. The summed E-state index contributed by atoms with van der Waals surface area (Å²) in [5.74, 6) is 0.540. The SMILES string of the molecule is CCc1cccc2c1Nc1c(cccc1C(C)C)S2. The summed E-state index contributed by atoms with van der Waals surface area (Å²) < 4.78 is 0. The van der Waals surface area contributed by atoms with Gasteiger partial charge in [-0.2, -0.15) is 0 Å². The molecular weight excluding hydrogens is 250 g/mol. The quantitative estimate of drug-likeness (QED) is 0.651. The summed E-state index contributed by atoms with van der Waals surface area (Å²) in [7, 11) is 0. The zero-order valence-corrected chi connectivity index (χ0v) is 12.5. The molecule has 2 aromatic rings. The van der Waals surface area contributed by atoms with Gasteiger partial charge in [-0.3, -0.25) is 0 Å². The van der Waals surface area contributed by atoms with Crippen molar-refractivity contribution in [1.29, 1.82) is 0 Å². The number of anilines is 2. The number of benzene rings is 2. The molecule has 2 heteroatoms. The van der Waals surface area contributed by atoms with E-state index in [4.69, 9.17) is 0 Å². The molecule has 98 valence electrons. The molecule has 1 nitrogen and oxygen atoms in total. The third kappa shape index (κ3) is 2.14. The maximum atomic E-state index is 3.69. The Balaban J connectivity index is 2.13. The lowest BCUT2D eigenvalue weighted by Crippen LogP contribution is -2.06. The Labute approximate surface area is 119 Å². The van der Waals surface area contributed by atoms with Crippen LogP contribution in [0.25, 0.3) is 0 Å². The number of nitrogens with one attached hydrogen (secondary N) is 1. The first kappa shape index (κ1) is 12.6. The average Bonchev–Trinajstić information content (AvgIpc) is 2.43. The highest BCUT2D eigenvalue weighted by atomic mass is 32.2. The highest BCUT2D eigenvalue weighted by Gasteiger charge is 2.20. The minimum atomic E-state index is 0.540. The Hall–Kier alpha value is -1.41. The van der Waals surface area contributed by atoms with Crippen molar-refractivity contribution in [1.82, 2.24) is 0 Å². The fourth-order valence-electron chi connectivity index (χ4n) is 2.59. The number of fused-ring (bicyclic) bond motifs is 2. The third-order valence-corrected chi connectivity index (χ3v) is 4.76. The summed E-state index contributed by atoms with van der Waals surface area (Å²) in [6.45, 7) is 6.72. The van der Waals surface area contributed by atoms with Gasteiger partial charge in [0.25, 0.3) is 0 Å². The highest BCUT2D eigenvalue weighted by Crippen LogP contribution is 2.47. The summed E-state index contributed by atoms with van der Waals surface area (Å²) in [4.78, 5) is 2.68. The van der Waals surface area contributed by atoms with E-state index >= 15 is 0 Å². The van der Waals surface area contributed by atoms with Gasteiger partial charge in [0.2, 0.25) is 0 Å². The van der Waals surface area contributed by atoms with Crippen LogP contribution in [0.3, 0.4) is 0 Å². The van der Waals surface area contributed by atoms with Crippen LogP contribution >= 0.6 is 11.8 Å². The first-order valence-electron chi connectivity index (χ1n) is 6.90. The lowest BCUT2D eigenvalue weighted by atomic mass is 10.0. The van der Waals surface area contributed by atoms with Crippen LogP contribution in [0.5, 0.6) is 0 Å². The normalized spacial score (nSPS) is 12.8. The van der Waals surface area contributed by atoms with E-state index in [1.807, 2.05) is 11.8 Å². The second kappa shape index (κ2) is 4.93. The molecule has 0 fully saturated rings. The summed E-state index contributed by atoms with van der Waals surface area (Å²) in [5.41, 5.74) is 5.40. The van der Waals surface area contributed by atoms with E-state index in [2.05, 4.69) is 62.5 Å². The molecule has 0 saturated carbocycles. The molecule has 0 saturated heterocycles. The largest absolute Gasteiger partial charge is 0.353 e. The molecular formula is C17H19NS. The molecule has 1 aliphatic heterocycles. The van der Waals surface area contributed by atoms with E-state index in [0.717, 1.165) is 6.42 Å².